The Morgan fingerprint density at radius 2 is 1.72 bits per heavy atom. The number of carbonyl (C=O) groups is 3. The van der Waals surface area contributed by atoms with E-state index in [1.54, 1.807) is 49.4 Å². The number of halogens is 2. The topological polar surface area (TPSA) is 106 Å². The molecule has 0 radical (unpaired) electrons. The molecular weight excluding hydrogens is 505 g/mol. The molecule has 10 heteroatoms. The van der Waals surface area contributed by atoms with Gasteiger partial charge in [-0.2, -0.15) is 0 Å². The van der Waals surface area contributed by atoms with Gasteiger partial charge < -0.3 is 20.2 Å². The number of hydrogen-bond donors (Lipinski definition) is 2. The van der Waals surface area contributed by atoms with E-state index < -0.39 is 29.4 Å². The SMILES string of the molecule is COC(=O)[C@H](Cc1ccc(NC(=O)c2c(Cl)cccc2Cl)cc1)NC(=O)C1(C)CC(C(C)(C)C)=NO1. The Hall–Kier alpha value is -3.10. The molecule has 0 aliphatic carbocycles. The van der Waals surface area contributed by atoms with Crippen molar-refractivity contribution in [3.05, 3.63) is 63.6 Å². The van der Waals surface area contributed by atoms with Crippen molar-refractivity contribution in [2.45, 2.75) is 52.2 Å². The minimum Gasteiger partial charge on any atom is -0.467 e. The molecule has 2 aromatic rings. The first-order chi connectivity index (χ1) is 16.8. The molecule has 2 aromatic carbocycles. The molecule has 1 aliphatic heterocycles. The summed E-state index contributed by atoms with van der Waals surface area (Å²) >= 11 is 12.2. The Kier molecular flexibility index (Phi) is 8.31. The molecule has 3 rings (SSSR count). The average Bonchev–Trinajstić information content (AvgIpc) is 3.23. The van der Waals surface area contributed by atoms with Gasteiger partial charge >= 0.3 is 5.97 Å². The molecule has 0 bridgehead atoms. The van der Waals surface area contributed by atoms with E-state index in [9.17, 15) is 14.4 Å². The van der Waals surface area contributed by atoms with Crippen molar-refractivity contribution in [1.29, 1.82) is 0 Å². The highest BCUT2D eigenvalue weighted by molar-refractivity contribution is 6.40. The van der Waals surface area contributed by atoms with E-state index in [1.165, 1.54) is 7.11 Å². The number of ether oxygens (including phenoxy) is 1. The number of methoxy groups -OCH3 is 1. The molecule has 2 atom stereocenters. The van der Waals surface area contributed by atoms with Crippen LogP contribution in [0.25, 0.3) is 0 Å². The van der Waals surface area contributed by atoms with Crippen molar-refractivity contribution in [3.63, 3.8) is 0 Å². The summed E-state index contributed by atoms with van der Waals surface area (Å²) in [6.45, 7) is 7.61. The van der Waals surface area contributed by atoms with Gasteiger partial charge in [0, 0.05) is 23.9 Å². The number of hydrogen-bond acceptors (Lipinski definition) is 6. The number of esters is 1. The van der Waals surface area contributed by atoms with Crippen molar-refractivity contribution < 1.29 is 24.0 Å². The van der Waals surface area contributed by atoms with Gasteiger partial charge in [0.1, 0.15) is 6.04 Å². The smallest absolute Gasteiger partial charge is 0.328 e. The molecule has 2 amide bonds. The van der Waals surface area contributed by atoms with E-state index in [0.29, 0.717) is 12.1 Å². The fourth-order valence-corrected chi connectivity index (χ4v) is 4.15. The van der Waals surface area contributed by atoms with Crippen LogP contribution in [0.15, 0.2) is 47.6 Å². The summed E-state index contributed by atoms with van der Waals surface area (Å²) < 4.78 is 4.90. The second-order valence-corrected chi connectivity index (χ2v) is 10.6. The number of nitrogens with one attached hydrogen (secondary N) is 2. The van der Waals surface area contributed by atoms with Gasteiger partial charge in [0.2, 0.25) is 5.60 Å². The van der Waals surface area contributed by atoms with E-state index in [1.807, 2.05) is 20.8 Å². The third-order valence-electron chi connectivity index (χ3n) is 5.84. The van der Waals surface area contributed by atoms with Crippen molar-refractivity contribution in [3.8, 4) is 0 Å². The monoisotopic (exact) mass is 533 g/mol. The predicted octanol–water partition coefficient (Wildman–Crippen LogP) is 5.03. The summed E-state index contributed by atoms with van der Waals surface area (Å²) in [6, 6.07) is 10.7. The Balaban J connectivity index is 1.67. The van der Waals surface area contributed by atoms with E-state index in [0.717, 1.165) is 11.3 Å². The molecule has 1 unspecified atom stereocenters. The second-order valence-electron chi connectivity index (χ2n) is 9.79. The lowest BCUT2D eigenvalue weighted by Gasteiger charge is -2.25. The maximum atomic E-state index is 13.0. The first-order valence-electron chi connectivity index (χ1n) is 11.3. The number of rotatable bonds is 7. The third kappa shape index (κ3) is 6.36. The lowest BCUT2D eigenvalue weighted by molar-refractivity contribution is -0.150. The summed E-state index contributed by atoms with van der Waals surface area (Å²) in [4.78, 5) is 43.6. The van der Waals surface area contributed by atoms with Crippen molar-refractivity contribution in [2.24, 2.45) is 10.6 Å². The molecule has 0 saturated carbocycles. The van der Waals surface area contributed by atoms with Crippen LogP contribution in [0.4, 0.5) is 5.69 Å². The van der Waals surface area contributed by atoms with Crippen molar-refractivity contribution >= 4 is 52.4 Å². The number of oxime groups is 1. The van der Waals surface area contributed by atoms with Crippen LogP contribution in [-0.2, 0) is 25.6 Å². The number of nitrogens with zero attached hydrogens (tertiary/aromatic N) is 1. The Labute approximate surface area is 220 Å². The van der Waals surface area contributed by atoms with Gasteiger partial charge in [0.15, 0.2) is 0 Å². The lowest BCUT2D eigenvalue weighted by atomic mass is 9.83. The van der Waals surface area contributed by atoms with Crippen LogP contribution in [-0.4, -0.2) is 42.2 Å². The van der Waals surface area contributed by atoms with Crippen molar-refractivity contribution in [2.75, 3.05) is 12.4 Å². The van der Waals surface area contributed by atoms with Crippen LogP contribution in [0, 0.1) is 5.41 Å². The van der Waals surface area contributed by atoms with E-state index in [4.69, 9.17) is 32.8 Å². The van der Waals surface area contributed by atoms with Gasteiger partial charge in [0.25, 0.3) is 11.8 Å². The van der Waals surface area contributed by atoms with E-state index >= 15 is 0 Å². The molecule has 2 N–H and O–H groups in total. The maximum Gasteiger partial charge on any atom is 0.328 e. The summed E-state index contributed by atoms with van der Waals surface area (Å²) in [6.07, 6.45) is 0.492. The van der Waals surface area contributed by atoms with Crippen LogP contribution in [0.5, 0.6) is 0 Å². The largest absolute Gasteiger partial charge is 0.467 e. The fourth-order valence-electron chi connectivity index (χ4n) is 3.58. The first kappa shape index (κ1) is 27.5. The molecule has 1 heterocycles. The third-order valence-corrected chi connectivity index (χ3v) is 6.47. The zero-order chi connectivity index (χ0) is 26.7. The normalized spacial score (nSPS) is 18.0. The van der Waals surface area contributed by atoms with Crippen LogP contribution in [0.2, 0.25) is 10.0 Å². The highest BCUT2D eigenvalue weighted by Crippen LogP contribution is 2.32. The maximum absolute atomic E-state index is 13.0. The highest BCUT2D eigenvalue weighted by atomic mass is 35.5. The fraction of sp³-hybridized carbons (Fsp3) is 0.385. The molecule has 1 aliphatic rings. The van der Waals surface area contributed by atoms with Crippen LogP contribution in [0.3, 0.4) is 0 Å². The summed E-state index contributed by atoms with van der Waals surface area (Å²) in [7, 11) is 1.26. The molecule has 0 spiro atoms. The zero-order valence-electron chi connectivity index (χ0n) is 20.8. The first-order valence-corrected chi connectivity index (χ1v) is 12.1. The average molecular weight is 534 g/mol. The number of anilines is 1. The standard InChI is InChI=1S/C26H29Cl2N3O5/c1-25(2,3)20-14-26(4,36-31-20)24(34)30-19(23(33)35-5)13-15-9-11-16(12-10-15)29-22(32)21-17(27)7-6-8-18(21)28/h6-12,19H,13-14H2,1-5H3,(H,29,32)(H,30,34)/t19-,26?/m0/s1. The van der Waals surface area contributed by atoms with E-state index in [2.05, 4.69) is 15.8 Å². The Bertz CT molecular complexity index is 1170. The Morgan fingerprint density at radius 1 is 1.11 bits per heavy atom. The van der Waals surface area contributed by atoms with Crippen molar-refractivity contribution in [1.82, 2.24) is 5.32 Å². The van der Waals surface area contributed by atoms with Crippen LogP contribution in [0.1, 0.15) is 50.0 Å². The molecular formula is C26H29Cl2N3O5. The minimum atomic E-state index is -1.22. The quantitative estimate of drug-likeness (QED) is 0.485. The lowest BCUT2D eigenvalue weighted by Crippen LogP contribution is -2.52. The van der Waals surface area contributed by atoms with Crippen LogP contribution >= 0.6 is 23.2 Å². The van der Waals surface area contributed by atoms with Gasteiger partial charge in [0.05, 0.1) is 28.4 Å². The number of carbonyl (C=O) groups excluding carboxylic acids is 3. The van der Waals surface area contributed by atoms with Gasteiger partial charge in [-0.3, -0.25) is 9.59 Å². The molecule has 36 heavy (non-hydrogen) atoms. The molecule has 0 saturated heterocycles. The molecule has 0 aromatic heterocycles. The van der Waals surface area contributed by atoms with Gasteiger partial charge in [-0.1, -0.05) is 67.3 Å². The Morgan fingerprint density at radius 3 is 2.25 bits per heavy atom. The van der Waals surface area contributed by atoms with Gasteiger partial charge in [-0.25, -0.2) is 4.79 Å². The zero-order valence-corrected chi connectivity index (χ0v) is 22.3. The minimum absolute atomic E-state index is 0.173. The summed E-state index contributed by atoms with van der Waals surface area (Å²) in [5, 5.41) is 10.1. The molecule has 8 nitrogen and oxygen atoms in total. The molecule has 0 fully saturated rings. The number of benzene rings is 2. The second kappa shape index (κ2) is 10.9. The summed E-state index contributed by atoms with van der Waals surface area (Å²) in [5.74, 6) is -1.49. The van der Waals surface area contributed by atoms with Gasteiger partial charge in [-0.15, -0.1) is 0 Å². The highest BCUT2D eigenvalue weighted by Gasteiger charge is 2.45. The predicted molar refractivity (Wildman–Crippen MR) is 140 cm³/mol. The van der Waals surface area contributed by atoms with Gasteiger partial charge in [-0.05, 0) is 36.8 Å². The van der Waals surface area contributed by atoms with E-state index in [-0.39, 0.29) is 27.4 Å². The number of amides is 2. The molecule has 192 valence electrons. The van der Waals surface area contributed by atoms with Crippen LogP contribution < -0.4 is 10.6 Å². The summed E-state index contributed by atoms with van der Waals surface area (Å²) in [5.41, 5.74) is 0.739.